The van der Waals surface area contributed by atoms with E-state index in [1.165, 1.54) is 35.0 Å². The topological polar surface area (TPSA) is 86.0 Å². The molecule has 0 aliphatic carbocycles. The highest BCUT2D eigenvalue weighted by Crippen LogP contribution is 2.10. The van der Waals surface area contributed by atoms with Crippen LogP contribution in [0.3, 0.4) is 0 Å². The summed E-state index contributed by atoms with van der Waals surface area (Å²) in [5.74, 6) is -0.899. The fraction of sp³-hybridized carbons (Fsp3) is 0.130. The summed E-state index contributed by atoms with van der Waals surface area (Å²) in [6.07, 6.45) is 1.95. The van der Waals surface area contributed by atoms with E-state index in [4.69, 9.17) is 0 Å². The lowest BCUT2D eigenvalue weighted by Gasteiger charge is -2.14. The number of nitrogens with one attached hydrogen (secondary N) is 1. The number of rotatable bonds is 6. The van der Waals surface area contributed by atoms with Crippen molar-refractivity contribution in [1.29, 1.82) is 0 Å². The number of hydrogen-bond donors (Lipinski definition) is 1. The van der Waals surface area contributed by atoms with Crippen molar-refractivity contribution in [2.45, 2.75) is 19.5 Å². The van der Waals surface area contributed by atoms with Crippen LogP contribution in [0.25, 0.3) is 11.0 Å². The molecule has 2 aromatic heterocycles. The summed E-state index contributed by atoms with van der Waals surface area (Å²) in [6, 6.07) is 18.0. The van der Waals surface area contributed by atoms with Crippen molar-refractivity contribution in [3.8, 4) is 0 Å². The molecular formula is C23H19FN4O3. The maximum Gasteiger partial charge on any atom is 0.332 e. The van der Waals surface area contributed by atoms with Crippen LogP contribution in [0.2, 0.25) is 0 Å². The van der Waals surface area contributed by atoms with Crippen LogP contribution in [-0.4, -0.2) is 20.0 Å². The molecular weight excluding hydrogens is 399 g/mol. The summed E-state index contributed by atoms with van der Waals surface area (Å²) < 4.78 is 15.4. The number of pyridine rings is 1. The van der Waals surface area contributed by atoms with Crippen molar-refractivity contribution >= 4 is 22.6 Å². The van der Waals surface area contributed by atoms with Gasteiger partial charge in [-0.05, 0) is 48.4 Å². The third-order valence-electron chi connectivity index (χ3n) is 4.88. The molecule has 1 N–H and O–H groups in total. The Kier molecular flexibility index (Phi) is 5.70. The Bertz CT molecular complexity index is 1350. The van der Waals surface area contributed by atoms with Crippen LogP contribution in [-0.2, 0) is 24.3 Å². The van der Waals surface area contributed by atoms with Crippen LogP contribution in [0, 0.1) is 5.82 Å². The van der Waals surface area contributed by atoms with Gasteiger partial charge in [-0.3, -0.25) is 18.7 Å². The first-order valence-electron chi connectivity index (χ1n) is 9.70. The van der Waals surface area contributed by atoms with Crippen molar-refractivity contribution < 1.29 is 9.18 Å². The Labute approximate surface area is 176 Å². The van der Waals surface area contributed by atoms with Gasteiger partial charge in [-0.1, -0.05) is 30.3 Å². The summed E-state index contributed by atoms with van der Waals surface area (Å²) in [4.78, 5) is 42.7. The van der Waals surface area contributed by atoms with Gasteiger partial charge in [-0.15, -0.1) is 0 Å². The molecule has 0 radical (unpaired) electrons. The number of aryl methyl sites for hydroxylation is 1. The standard InChI is InChI=1S/C23H19FN4O3/c24-17-8-10-18(11-9-17)26-20(29)15-28-19-7-4-13-25-21(19)22(30)27(23(28)31)14-12-16-5-2-1-3-6-16/h1-11,13H,12,14-15H2,(H,26,29). The summed E-state index contributed by atoms with van der Waals surface area (Å²) in [5.41, 5.74) is 0.699. The van der Waals surface area contributed by atoms with E-state index in [1.807, 2.05) is 30.3 Å². The van der Waals surface area contributed by atoms with Crippen LogP contribution in [0.4, 0.5) is 10.1 Å². The van der Waals surface area contributed by atoms with Gasteiger partial charge in [0.25, 0.3) is 5.56 Å². The van der Waals surface area contributed by atoms with E-state index in [2.05, 4.69) is 10.3 Å². The minimum atomic E-state index is -0.587. The summed E-state index contributed by atoms with van der Waals surface area (Å²) in [7, 11) is 0. The van der Waals surface area contributed by atoms with Crippen LogP contribution in [0.15, 0.2) is 82.5 Å². The molecule has 0 atom stereocenters. The Hall–Kier alpha value is -4.07. The number of hydrogen-bond acceptors (Lipinski definition) is 4. The molecule has 0 unspecified atom stereocenters. The lowest BCUT2D eigenvalue weighted by atomic mass is 10.1. The Morgan fingerprint density at radius 1 is 0.935 bits per heavy atom. The molecule has 4 aromatic rings. The lowest BCUT2D eigenvalue weighted by molar-refractivity contribution is -0.116. The normalized spacial score (nSPS) is 10.9. The molecule has 0 fully saturated rings. The fourth-order valence-corrected chi connectivity index (χ4v) is 3.36. The molecule has 8 heteroatoms. The number of carbonyl (C=O) groups is 1. The second-order valence-corrected chi connectivity index (χ2v) is 6.99. The fourth-order valence-electron chi connectivity index (χ4n) is 3.36. The highest BCUT2D eigenvalue weighted by molar-refractivity contribution is 5.91. The molecule has 4 rings (SSSR count). The van der Waals surface area contributed by atoms with Gasteiger partial charge < -0.3 is 5.32 Å². The Morgan fingerprint density at radius 3 is 2.42 bits per heavy atom. The molecule has 0 aliphatic rings. The van der Waals surface area contributed by atoms with Crippen LogP contribution in [0.5, 0.6) is 0 Å². The number of fused-ring (bicyclic) bond motifs is 1. The molecule has 0 saturated carbocycles. The molecule has 0 saturated heterocycles. The predicted octanol–water partition coefficient (Wildman–Crippen LogP) is 2.58. The monoisotopic (exact) mass is 418 g/mol. The average molecular weight is 418 g/mol. The molecule has 31 heavy (non-hydrogen) atoms. The van der Waals surface area contributed by atoms with Gasteiger partial charge in [0, 0.05) is 18.4 Å². The molecule has 7 nitrogen and oxygen atoms in total. The minimum absolute atomic E-state index is 0.116. The first-order chi connectivity index (χ1) is 15.0. The molecule has 0 spiro atoms. The maximum atomic E-state index is 13.1. The number of carbonyl (C=O) groups excluding carboxylic acids is 1. The first-order valence-corrected chi connectivity index (χ1v) is 9.70. The van der Waals surface area contributed by atoms with Gasteiger partial charge in [-0.25, -0.2) is 14.2 Å². The molecule has 0 aliphatic heterocycles. The second kappa shape index (κ2) is 8.74. The number of halogens is 1. The number of nitrogens with zero attached hydrogens (tertiary/aromatic N) is 3. The minimum Gasteiger partial charge on any atom is -0.325 e. The third kappa shape index (κ3) is 4.42. The zero-order chi connectivity index (χ0) is 21.8. The van der Waals surface area contributed by atoms with Gasteiger partial charge in [0.05, 0.1) is 5.52 Å². The van der Waals surface area contributed by atoms with E-state index in [-0.39, 0.29) is 24.1 Å². The summed E-state index contributed by atoms with van der Waals surface area (Å²) >= 11 is 0. The van der Waals surface area contributed by atoms with E-state index >= 15 is 0 Å². The van der Waals surface area contributed by atoms with Crippen molar-refractivity contribution in [2.24, 2.45) is 0 Å². The van der Waals surface area contributed by atoms with Gasteiger partial charge in [0.2, 0.25) is 5.91 Å². The molecule has 0 bridgehead atoms. The largest absolute Gasteiger partial charge is 0.332 e. The van der Waals surface area contributed by atoms with E-state index in [9.17, 15) is 18.8 Å². The van der Waals surface area contributed by atoms with E-state index < -0.39 is 23.0 Å². The van der Waals surface area contributed by atoms with Crippen molar-refractivity contribution in [1.82, 2.24) is 14.1 Å². The number of anilines is 1. The second-order valence-electron chi connectivity index (χ2n) is 6.99. The van der Waals surface area contributed by atoms with Crippen molar-refractivity contribution in [3.05, 3.63) is 105 Å². The van der Waals surface area contributed by atoms with E-state index in [0.717, 1.165) is 10.1 Å². The Morgan fingerprint density at radius 2 is 1.68 bits per heavy atom. The molecule has 156 valence electrons. The lowest BCUT2D eigenvalue weighted by Crippen LogP contribution is -2.42. The predicted molar refractivity (Wildman–Crippen MR) is 115 cm³/mol. The third-order valence-corrected chi connectivity index (χ3v) is 4.88. The summed E-state index contributed by atoms with van der Waals surface area (Å²) in [6.45, 7) is -0.155. The first kappa shape index (κ1) is 20.2. The van der Waals surface area contributed by atoms with Crippen molar-refractivity contribution in [2.75, 3.05) is 5.32 Å². The van der Waals surface area contributed by atoms with Gasteiger partial charge in [-0.2, -0.15) is 0 Å². The van der Waals surface area contributed by atoms with E-state index in [0.29, 0.717) is 12.1 Å². The molecule has 2 aromatic carbocycles. The zero-order valence-corrected chi connectivity index (χ0v) is 16.5. The van der Waals surface area contributed by atoms with Crippen LogP contribution >= 0.6 is 0 Å². The highest BCUT2D eigenvalue weighted by atomic mass is 19.1. The number of benzene rings is 2. The van der Waals surface area contributed by atoms with E-state index in [1.54, 1.807) is 12.1 Å². The smallest absolute Gasteiger partial charge is 0.325 e. The zero-order valence-electron chi connectivity index (χ0n) is 16.5. The maximum absolute atomic E-state index is 13.1. The van der Waals surface area contributed by atoms with Gasteiger partial charge in [0.1, 0.15) is 12.4 Å². The van der Waals surface area contributed by atoms with Crippen LogP contribution < -0.4 is 16.6 Å². The number of amides is 1. The average Bonchev–Trinajstić information content (AvgIpc) is 2.79. The SMILES string of the molecule is O=C(Cn1c(=O)n(CCc2ccccc2)c(=O)c2ncccc21)Nc1ccc(F)cc1. The quantitative estimate of drug-likeness (QED) is 0.522. The van der Waals surface area contributed by atoms with Gasteiger partial charge >= 0.3 is 5.69 Å². The Balaban J connectivity index is 1.68. The highest BCUT2D eigenvalue weighted by Gasteiger charge is 2.16. The van der Waals surface area contributed by atoms with Crippen molar-refractivity contribution in [3.63, 3.8) is 0 Å². The van der Waals surface area contributed by atoms with Gasteiger partial charge in [0.15, 0.2) is 5.52 Å². The molecule has 2 heterocycles. The number of aromatic nitrogens is 3. The van der Waals surface area contributed by atoms with Crippen LogP contribution in [0.1, 0.15) is 5.56 Å². The molecule has 1 amide bonds. The summed E-state index contributed by atoms with van der Waals surface area (Å²) in [5, 5.41) is 2.63.